The minimum atomic E-state index is -0.474. The van der Waals surface area contributed by atoms with Gasteiger partial charge in [-0.15, -0.1) is 22.7 Å². The van der Waals surface area contributed by atoms with E-state index in [4.69, 9.17) is 0 Å². The third-order valence-corrected chi connectivity index (χ3v) is 7.42. The van der Waals surface area contributed by atoms with Crippen molar-refractivity contribution in [1.29, 1.82) is 0 Å². The first-order valence-electron chi connectivity index (χ1n) is 8.10. The van der Waals surface area contributed by atoms with Crippen molar-refractivity contribution in [2.45, 2.75) is 51.9 Å². The minimum Gasteiger partial charge on any atom is -0.361 e. The predicted molar refractivity (Wildman–Crippen MR) is 99.3 cm³/mol. The molecule has 4 N–H and O–H groups in total. The number of carbonyl (C=O) groups is 2. The number of rotatable bonds is 2. The average Bonchev–Trinajstić information content (AvgIpc) is 3.05. The molecule has 8 heteroatoms. The molecular weight excluding hydrogens is 344 g/mol. The van der Waals surface area contributed by atoms with Crippen LogP contribution in [0, 0.1) is 0 Å². The van der Waals surface area contributed by atoms with Gasteiger partial charge in [0.25, 0.3) is 11.8 Å². The number of nitrogens with one attached hydrogen (secondary N) is 4. The quantitative estimate of drug-likeness (QED) is 0.657. The molecule has 2 unspecified atom stereocenters. The molecule has 0 radical (unpaired) electrons. The van der Waals surface area contributed by atoms with Crippen molar-refractivity contribution < 1.29 is 9.59 Å². The van der Waals surface area contributed by atoms with Crippen molar-refractivity contribution in [3.63, 3.8) is 0 Å². The first-order chi connectivity index (χ1) is 11.3. The number of hydrogen-bond donors (Lipinski definition) is 4. The predicted octanol–water partition coefficient (Wildman–Crippen LogP) is 3.53. The average molecular weight is 364 g/mol. The summed E-state index contributed by atoms with van der Waals surface area (Å²) in [5.41, 5.74) is 0.748. The molecule has 0 spiro atoms. The second-order valence-electron chi connectivity index (χ2n) is 6.80. The molecule has 24 heavy (non-hydrogen) atoms. The van der Waals surface area contributed by atoms with Gasteiger partial charge >= 0.3 is 0 Å². The van der Waals surface area contributed by atoms with E-state index in [1.807, 2.05) is 27.7 Å². The van der Waals surface area contributed by atoms with Crippen LogP contribution in [-0.4, -0.2) is 23.1 Å². The largest absolute Gasteiger partial charge is 0.361 e. The number of fused-ring (bicyclic) bond motifs is 5. The van der Waals surface area contributed by atoms with Gasteiger partial charge in [-0.2, -0.15) is 0 Å². The Bertz CT molecular complexity index is 819. The van der Waals surface area contributed by atoms with Gasteiger partial charge in [0.1, 0.15) is 21.1 Å². The second-order valence-corrected chi connectivity index (χ2v) is 9.10. The molecule has 0 fully saturated rings. The molecule has 2 amide bonds. The minimum absolute atomic E-state index is 0.0474. The second kappa shape index (κ2) is 4.86. The highest BCUT2D eigenvalue weighted by Gasteiger charge is 2.40. The van der Waals surface area contributed by atoms with E-state index in [1.54, 1.807) is 0 Å². The molecule has 0 aliphatic carbocycles. The monoisotopic (exact) mass is 364 g/mol. The zero-order valence-electron chi connectivity index (χ0n) is 14.0. The molecule has 6 nitrogen and oxygen atoms in total. The molecule has 2 aromatic rings. The van der Waals surface area contributed by atoms with Crippen LogP contribution in [0.4, 0.5) is 11.4 Å². The van der Waals surface area contributed by atoms with E-state index in [9.17, 15) is 9.59 Å². The summed E-state index contributed by atoms with van der Waals surface area (Å²) in [7, 11) is 0. The zero-order chi connectivity index (χ0) is 17.3. The maximum atomic E-state index is 12.5. The maximum Gasteiger partial charge on any atom is 0.265 e. The Morgan fingerprint density at radius 3 is 1.58 bits per heavy atom. The van der Waals surface area contributed by atoms with Gasteiger partial charge < -0.3 is 21.3 Å². The summed E-state index contributed by atoms with van der Waals surface area (Å²) in [6, 6.07) is 0. The highest BCUT2D eigenvalue weighted by molar-refractivity contribution is 7.40. The number of carbonyl (C=O) groups excluding carboxylic acids is 2. The van der Waals surface area contributed by atoms with Gasteiger partial charge in [0.05, 0.1) is 20.8 Å². The van der Waals surface area contributed by atoms with Crippen LogP contribution in [0.25, 0.3) is 9.40 Å². The van der Waals surface area contributed by atoms with E-state index in [-0.39, 0.29) is 11.8 Å². The Hall–Kier alpha value is -1.80. The van der Waals surface area contributed by atoms with E-state index < -0.39 is 11.3 Å². The Balaban J connectivity index is 1.94. The lowest BCUT2D eigenvalue weighted by Gasteiger charge is -2.37. The van der Waals surface area contributed by atoms with Crippen molar-refractivity contribution in [3.05, 3.63) is 9.75 Å². The highest BCUT2D eigenvalue weighted by Crippen LogP contribution is 2.50. The molecule has 2 atom stereocenters. The molecule has 0 bridgehead atoms. The summed E-state index contributed by atoms with van der Waals surface area (Å²) in [5, 5.41) is 14.0. The fourth-order valence-corrected chi connectivity index (χ4v) is 5.55. The maximum absolute atomic E-state index is 12.5. The normalized spacial score (nSPS) is 28.5. The molecule has 0 saturated carbocycles. The van der Waals surface area contributed by atoms with Crippen LogP contribution in [-0.2, 0) is 0 Å². The van der Waals surface area contributed by atoms with Crippen LogP contribution in [0.15, 0.2) is 0 Å². The molecule has 0 aromatic carbocycles. The Kier molecular flexibility index (Phi) is 3.18. The summed E-state index contributed by atoms with van der Waals surface area (Å²) in [5.74, 6) is -0.0949. The zero-order valence-corrected chi connectivity index (χ0v) is 15.7. The van der Waals surface area contributed by atoms with E-state index in [0.29, 0.717) is 9.75 Å². The van der Waals surface area contributed by atoms with Crippen molar-refractivity contribution in [3.8, 4) is 0 Å². The molecule has 0 saturated heterocycles. The number of anilines is 2. The first kappa shape index (κ1) is 15.7. The van der Waals surface area contributed by atoms with Crippen LogP contribution in [0.2, 0.25) is 0 Å². The van der Waals surface area contributed by atoms with Gasteiger partial charge in [0.15, 0.2) is 0 Å². The standard InChI is InChI=1S/C16H20N4O2S2/c1-5-15(3)17-8-7-9-11(13(22)20-16(4,6-2)18-9)24-14(7)23-10(8)12(21)19-15/h17-18H,5-6H2,1-4H3,(H,19,21)(H,20,22). The van der Waals surface area contributed by atoms with E-state index in [0.717, 1.165) is 33.6 Å². The van der Waals surface area contributed by atoms with Crippen LogP contribution in [0.1, 0.15) is 59.9 Å². The summed E-state index contributed by atoms with van der Waals surface area (Å²) in [4.78, 5) is 26.4. The van der Waals surface area contributed by atoms with Crippen molar-refractivity contribution in [1.82, 2.24) is 10.6 Å². The molecule has 128 valence electrons. The van der Waals surface area contributed by atoms with Crippen LogP contribution in [0.3, 0.4) is 0 Å². The summed E-state index contributed by atoms with van der Waals surface area (Å²) >= 11 is 2.89. The lowest BCUT2D eigenvalue weighted by atomic mass is 10.0. The van der Waals surface area contributed by atoms with Gasteiger partial charge in [-0.25, -0.2) is 0 Å². The first-order valence-corrected chi connectivity index (χ1v) is 9.73. The topological polar surface area (TPSA) is 82.3 Å². The van der Waals surface area contributed by atoms with E-state index in [1.165, 1.54) is 22.7 Å². The van der Waals surface area contributed by atoms with Crippen molar-refractivity contribution in [2.75, 3.05) is 10.6 Å². The Morgan fingerprint density at radius 1 is 0.792 bits per heavy atom. The SMILES string of the molecule is CCC1(C)NC(=O)c2sc3sc4c(c3c2N1)NC(C)(CC)NC4=O. The lowest BCUT2D eigenvalue weighted by Crippen LogP contribution is -2.55. The Morgan fingerprint density at radius 2 is 1.21 bits per heavy atom. The number of hydrogen-bond acceptors (Lipinski definition) is 6. The van der Waals surface area contributed by atoms with Crippen LogP contribution in [0.5, 0.6) is 0 Å². The summed E-state index contributed by atoms with van der Waals surface area (Å²) < 4.78 is 0.996. The van der Waals surface area contributed by atoms with Crippen molar-refractivity contribution >= 4 is 55.3 Å². The van der Waals surface area contributed by atoms with Gasteiger partial charge in [-0.3, -0.25) is 9.59 Å². The highest BCUT2D eigenvalue weighted by atomic mass is 32.2. The van der Waals surface area contributed by atoms with E-state index in [2.05, 4.69) is 21.3 Å². The lowest BCUT2D eigenvalue weighted by molar-refractivity contribution is 0.0902. The molecule has 2 aliphatic rings. The third-order valence-electron chi connectivity index (χ3n) is 4.96. The molecule has 4 rings (SSSR count). The van der Waals surface area contributed by atoms with Gasteiger partial charge in [0.2, 0.25) is 0 Å². The van der Waals surface area contributed by atoms with Gasteiger partial charge in [-0.1, -0.05) is 13.8 Å². The fraction of sp³-hybridized carbons (Fsp3) is 0.500. The molecule has 2 aromatic heterocycles. The summed E-state index contributed by atoms with van der Waals surface area (Å²) in [6.07, 6.45) is 1.53. The van der Waals surface area contributed by atoms with Crippen LogP contribution >= 0.6 is 22.7 Å². The number of amides is 2. The molecule has 4 heterocycles. The van der Waals surface area contributed by atoms with E-state index >= 15 is 0 Å². The van der Waals surface area contributed by atoms with Crippen LogP contribution < -0.4 is 21.3 Å². The summed E-state index contributed by atoms with van der Waals surface area (Å²) in [6.45, 7) is 8.02. The smallest absolute Gasteiger partial charge is 0.265 e. The third kappa shape index (κ3) is 2.05. The molecular formula is C16H20N4O2S2. The van der Waals surface area contributed by atoms with Crippen molar-refractivity contribution in [2.24, 2.45) is 0 Å². The van der Waals surface area contributed by atoms with Gasteiger partial charge in [-0.05, 0) is 26.7 Å². The van der Waals surface area contributed by atoms with Gasteiger partial charge in [0, 0.05) is 0 Å². The molecule has 2 aliphatic heterocycles. The number of thiophene rings is 2. The Labute approximate surface area is 148 Å². The fourth-order valence-electron chi connectivity index (χ4n) is 3.11.